The molecule has 1 N–H and O–H groups in total. The second-order valence-corrected chi connectivity index (χ2v) is 6.75. The monoisotopic (exact) mass is 397 g/mol. The maximum absolute atomic E-state index is 5.66. The Hall–Kier alpha value is -3.06. The number of nitrogens with one attached hydrogen (secondary N) is 1. The van der Waals surface area contributed by atoms with Crippen molar-refractivity contribution in [3.63, 3.8) is 0 Å². The van der Waals surface area contributed by atoms with Gasteiger partial charge >= 0.3 is 0 Å². The van der Waals surface area contributed by atoms with Gasteiger partial charge in [-0.25, -0.2) is 4.98 Å². The van der Waals surface area contributed by atoms with E-state index in [4.69, 9.17) is 14.2 Å². The molecule has 3 rings (SSSR count). The van der Waals surface area contributed by atoms with E-state index in [1.54, 1.807) is 20.4 Å². The van der Waals surface area contributed by atoms with E-state index in [0.717, 1.165) is 39.9 Å². The summed E-state index contributed by atoms with van der Waals surface area (Å²) in [5, 5.41) is 6.98. The Kier molecular flexibility index (Phi) is 6.86. The zero-order valence-corrected chi connectivity index (χ0v) is 17.0. The zero-order valence-electron chi connectivity index (χ0n) is 16.1. The van der Waals surface area contributed by atoms with E-state index < -0.39 is 0 Å². The molecule has 6 nitrogen and oxygen atoms in total. The van der Waals surface area contributed by atoms with Gasteiger partial charge in [-0.1, -0.05) is 6.92 Å². The largest absolute Gasteiger partial charge is 0.497 e. The van der Waals surface area contributed by atoms with Crippen LogP contribution in [0.1, 0.15) is 18.9 Å². The fourth-order valence-corrected chi connectivity index (χ4v) is 3.15. The van der Waals surface area contributed by atoms with Gasteiger partial charge < -0.3 is 14.2 Å². The Balaban J connectivity index is 1.63. The van der Waals surface area contributed by atoms with Gasteiger partial charge in [-0.3, -0.25) is 5.43 Å². The van der Waals surface area contributed by atoms with Gasteiger partial charge in [0.2, 0.25) is 5.13 Å². The molecule has 2 aromatic carbocycles. The van der Waals surface area contributed by atoms with E-state index in [2.05, 4.69) is 22.4 Å². The van der Waals surface area contributed by atoms with E-state index in [-0.39, 0.29) is 0 Å². The van der Waals surface area contributed by atoms with Gasteiger partial charge in [-0.2, -0.15) is 5.10 Å². The minimum Gasteiger partial charge on any atom is -0.497 e. The third-order valence-corrected chi connectivity index (χ3v) is 4.66. The molecule has 7 heteroatoms. The molecule has 1 aromatic heterocycles. The lowest BCUT2D eigenvalue weighted by atomic mass is 10.2. The predicted octanol–water partition coefficient (Wildman–Crippen LogP) is 5.06. The maximum atomic E-state index is 5.66. The van der Waals surface area contributed by atoms with Crippen molar-refractivity contribution in [3.05, 3.63) is 53.4 Å². The summed E-state index contributed by atoms with van der Waals surface area (Å²) in [6.45, 7) is 2.73. The summed E-state index contributed by atoms with van der Waals surface area (Å²) in [5.41, 5.74) is 5.80. The Morgan fingerprint density at radius 1 is 1.07 bits per heavy atom. The SMILES string of the molecule is CCCOc1ccc(/C=N\Nc2nc(-c3ccc(OC)cc3)cs2)cc1OC. The minimum atomic E-state index is 0.659. The van der Waals surface area contributed by atoms with Crippen LogP contribution in [-0.4, -0.2) is 32.0 Å². The molecule has 0 saturated carbocycles. The van der Waals surface area contributed by atoms with Crippen molar-refractivity contribution in [1.82, 2.24) is 4.98 Å². The van der Waals surface area contributed by atoms with Crippen molar-refractivity contribution >= 4 is 22.7 Å². The van der Waals surface area contributed by atoms with Crippen LogP contribution >= 0.6 is 11.3 Å². The van der Waals surface area contributed by atoms with Crippen LogP contribution in [0.3, 0.4) is 0 Å². The Labute approximate surface area is 168 Å². The molecule has 0 bridgehead atoms. The minimum absolute atomic E-state index is 0.659. The first kappa shape index (κ1) is 19.7. The molecule has 0 amide bonds. The van der Waals surface area contributed by atoms with E-state index in [1.165, 1.54) is 11.3 Å². The van der Waals surface area contributed by atoms with Crippen molar-refractivity contribution in [2.45, 2.75) is 13.3 Å². The van der Waals surface area contributed by atoms with Gasteiger partial charge in [0.15, 0.2) is 11.5 Å². The molecule has 0 spiro atoms. The van der Waals surface area contributed by atoms with Crippen molar-refractivity contribution < 1.29 is 14.2 Å². The predicted molar refractivity (Wildman–Crippen MR) is 114 cm³/mol. The number of ether oxygens (including phenoxy) is 3. The van der Waals surface area contributed by atoms with Gasteiger partial charge in [0, 0.05) is 10.9 Å². The molecule has 28 heavy (non-hydrogen) atoms. The molecule has 3 aromatic rings. The van der Waals surface area contributed by atoms with Crippen LogP contribution in [0, 0.1) is 0 Å². The number of thiazole rings is 1. The standard InChI is InChI=1S/C21H23N3O3S/c1-4-11-27-19-10-5-15(12-20(19)26-3)13-22-24-21-23-18(14-28-21)16-6-8-17(25-2)9-7-16/h5-10,12-14H,4,11H2,1-3H3,(H,23,24)/b22-13-. The van der Waals surface area contributed by atoms with E-state index in [1.807, 2.05) is 47.8 Å². The summed E-state index contributed by atoms with van der Waals surface area (Å²) in [7, 11) is 3.28. The number of hydrogen-bond acceptors (Lipinski definition) is 7. The van der Waals surface area contributed by atoms with Crippen LogP contribution in [0.15, 0.2) is 52.9 Å². The Morgan fingerprint density at radius 2 is 1.89 bits per heavy atom. The average molecular weight is 398 g/mol. The molecular formula is C21H23N3O3S. The highest BCUT2D eigenvalue weighted by Gasteiger charge is 2.06. The highest BCUT2D eigenvalue weighted by molar-refractivity contribution is 7.14. The smallest absolute Gasteiger partial charge is 0.203 e. The van der Waals surface area contributed by atoms with Crippen molar-refractivity contribution in [2.75, 3.05) is 26.3 Å². The van der Waals surface area contributed by atoms with Crippen molar-refractivity contribution in [3.8, 4) is 28.5 Å². The number of benzene rings is 2. The van der Waals surface area contributed by atoms with E-state index >= 15 is 0 Å². The van der Waals surface area contributed by atoms with Gasteiger partial charge in [0.05, 0.1) is 32.7 Å². The fraction of sp³-hybridized carbons (Fsp3) is 0.238. The van der Waals surface area contributed by atoms with Gasteiger partial charge in [-0.15, -0.1) is 11.3 Å². The van der Waals surface area contributed by atoms with Crippen LogP contribution in [0.2, 0.25) is 0 Å². The number of anilines is 1. The normalized spacial score (nSPS) is 10.8. The number of hydrazone groups is 1. The van der Waals surface area contributed by atoms with Crippen molar-refractivity contribution in [1.29, 1.82) is 0 Å². The van der Waals surface area contributed by atoms with Crippen LogP contribution < -0.4 is 19.6 Å². The Bertz CT molecular complexity index is 923. The fourth-order valence-electron chi connectivity index (χ4n) is 2.48. The van der Waals surface area contributed by atoms with Gasteiger partial charge in [-0.05, 0) is 54.4 Å². The first-order chi connectivity index (χ1) is 13.7. The van der Waals surface area contributed by atoms with Gasteiger partial charge in [0.25, 0.3) is 0 Å². The molecule has 0 radical (unpaired) electrons. The number of methoxy groups -OCH3 is 2. The average Bonchev–Trinajstić information content (AvgIpc) is 3.21. The van der Waals surface area contributed by atoms with Crippen LogP contribution in [0.5, 0.6) is 17.2 Å². The topological polar surface area (TPSA) is 65.0 Å². The maximum Gasteiger partial charge on any atom is 0.203 e. The number of hydrogen-bond donors (Lipinski definition) is 1. The Morgan fingerprint density at radius 3 is 2.61 bits per heavy atom. The highest BCUT2D eigenvalue weighted by Crippen LogP contribution is 2.28. The number of rotatable bonds is 9. The lowest BCUT2D eigenvalue weighted by Gasteiger charge is -2.10. The molecule has 1 heterocycles. The van der Waals surface area contributed by atoms with Gasteiger partial charge in [0.1, 0.15) is 5.75 Å². The molecule has 0 atom stereocenters. The number of aromatic nitrogens is 1. The van der Waals surface area contributed by atoms with Crippen molar-refractivity contribution in [2.24, 2.45) is 5.10 Å². The molecule has 0 fully saturated rings. The third kappa shape index (κ3) is 5.01. The molecular weight excluding hydrogens is 374 g/mol. The van der Waals surface area contributed by atoms with E-state index in [0.29, 0.717) is 12.4 Å². The summed E-state index contributed by atoms with van der Waals surface area (Å²) >= 11 is 1.50. The van der Waals surface area contributed by atoms with Crippen LogP contribution in [0.25, 0.3) is 11.3 Å². The first-order valence-electron chi connectivity index (χ1n) is 8.93. The quantitative estimate of drug-likeness (QED) is 0.404. The molecule has 0 aliphatic carbocycles. The molecule has 0 aliphatic rings. The lowest BCUT2D eigenvalue weighted by Crippen LogP contribution is -1.98. The van der Waals surface area contributed by atoms with E-state index in [9.17, 15) is 0 Å². The third-order valence-electron chi connectivity index (χ3n) is 3.91. The lowest BCUT2D eigenvalue weighted by molar-refractivity contribution is 0.294. The summed E-state index contributed by atoms with van der Waals surface area (Å²) in [4.78, 5) is 4.56. The molecule has 0 aliphatic heterocycles. The summed E-state index contributed by atoms with van der Waals surface area (Å²) < 4.78 is 16.2. The molecule has 146 valence electrons. The summed E-state index contributed by atoms with van der Waals surface area (Å²) in [5.74, 6) is 2.25. The zero-order chi connectivity index (χ0) is 19.8. The van der Waals surface area contributed by atoms with Crippen LogP contribution in [0.4, 0.5) is 5.13 Å². The summed E-state index contributed by atoms with van der Waals surface area (Å²) in [6, 6.07) is 13.5. The second kappa shape index (κ2) is 9.75. The number of nitrogens with zero attached hydrogens (tertiary/aromatic N) is 2. The second-order valence-electron chi connectivity index (χ2n) is 5.90. The molecule has 0 saturated heterocycles. The molecule has 0 unspecified atom stereocenters. The highest BCUT2D eigenvalue weighted by atomic mass is 32.1. The first-order valence-corrected chi connectivity index (χ1v) is 9.81. The summed E-state index contributed by atoms with van der Waals surface area (Å²) in [6.07, 6.45) is 2.67. The van der Waals surface area contributed by atoms with Crippen LogP contribution in [-0.2, 0) is 0 Å².